The first-order valence-corrected chi connectivity index (χ1v) is 10.0. The largest absolute Gasteiger partial charge is 0.369 e. The predicted molar refractivity (Wildman–Crippen MR) is 95.5 cm³/mol. The van der Waals surface area contributed by atoms with Crippen LogP contribution in [-0.2, 0) is 14.6 Å². The first-order valence-electron chi connectivity index (χ1n) is 8.48. The Bertz CT molecular complexity index is 754. The maximum Gasteiger partial charge on any atom is 0.183 e. The van der Waals surface area contributed by atoms with Crippen molar-refractivity contribution in [2.75, 3.05) is 0 Å². The molecule has 1 saturated heterocycles. The monoisotopic (exact) mass is 344 g/mol. The summed E-state index contributed by atoms with van der Waals surface area (Å²) >= 11 is 0. The van der Waals surface area contributed by atoms with Gasteiger partial charge in [0.25, 0.3) is 0 Å². The molecule has 0 amide bonds. The number of hydrogen-bond acceptors (Lipinski definition) is 3. The molecule has 0 spiro atoms. The Kier molecular flexibility index (Phi) is 5.07. The first kappa shape index (κ1) is 17.2. The number of sulfone groups is 1. The normalized spacial score (nSPS) is 24.4. The molecule has 3 atom stereocenters. The number of benzene rings is 2. The molecule has 2 aromatic rings. The van der Waals surface area contributed by atoms with Crippen LogP contribution in [0.1, 0.15) is 38.4 Å². The molecule has 128 valence electrons. The fourth-order valence-electron chi connectivity index (χ4n) is 3.38. The van der Waals surface area contributed by atoms with Gasteiger partial charge in [-0.15, -0.1) is 0 Å². The highest BCUT2D eigenvalue weighted by Gasteiger charge is 2.44. The van der Waals surface area contributed by atoms with Crippen LogP contribution in [0.4, 0.5) is 0 Å². The van der Waals surface area contributed by atoms with E-state index in [9.17, 15) is 8.42 Å². The van der Waals surface area contributed by atoms with Crippen molar-refractivity contribution in [2.45, 2.75) is 49.0 Å². The van der Waals surface area contributed by atoms with Gasteiger partial charge in [0, 0.05) is 0 Å². The van der Waals surface area contributed by atoms with Gasteiger partial charge in [-0.3, -0.25) is 0 Å². The summed E-state index contributed by atoms with van der Waals surface area (Å²) in [7, 11) is -3.40. The van der Waals surface area contributed by atoms with Crippen molar-refractivity contribution in [3.8, 4) is 0 Å². The van der Waals surface area contributed by atoms with Crippen molar-refractivity contribution in [3.63, 3.8) is 0 Å². The topological polar surface area (TPSA) is 43.4 Å². The summed E-state index contributed by atoms with van der Waals surface area (Å²) in [4.78, 5) is 0.390. The lowest BCUT2D eigenvalue weighted by atomic mass is 10.0. The van der Waals surface area contributed by atoms with E-state index in [4.69, 9.17) is 4.74 Å². The van der Waals surface area contributed by atoms with E-state index in [1.165, 1.54) is 0 Å². The summed E-state index contributed by atoms with van der Waals surface area (Å²) in [6.07, 6.45) is 0.845. The molecule has 4 heteroatoms. The third-order valence-electron chi connectivity index (χ3n) is 4.55. The first-order chi connectivity index (χ1) is 11.5. The predicted octanol–water partition coefficient (Wildman–Crippen LogP) is 4.41. The summed E-state index contributed by atoms with van der Waals surface area (Å²) in [5.41, 5.74) is 1.05. The molecule has 0 unspecified atom stereocenters. The molecular formula is C20H24O3S. The van der Waals surface area contributed by atoms with Crippen LogP contribution in [-0.4, -0.2) is 19.8 Å². The van der Waals surface area contributed by atoms with E-state index in [0.717, 1.165) is 12.0 Å². The molecule has 1 fully saturated rings. The van der Waals surface area contributed by atoms with Crippen LogP contribution < -0.4 is 0 Å². The fourth-order valence-corrected chi connectivity index (χ4v) is 5.27. The van der Waals surface area contributed by atoms with Crippen molar-refractivity contribution < 1.29 is 13.2 Å². The molecule has 1 aliphatic heterocycles. The van der Waals surface area contributed by atoms with Crippen molar-refractivity contribution in [2.24, 2.45) is 5.92 Å². The molecule has 0 N–H and O–H groups in total. The molecule has 1 aliphatic rings. The van der Waals surface area contributed by atoms with Crippen molar-refractivity contribution >= 4 is 9.84 Å². The van der Waals surface area contributed by atoms with Gasteiger partial charge in [0.05, 0.1) is 22.4 Å². The summed E-state index contributed by atoms with van der Waals surface area (Å²) in [5.74, 6) is 0.387. The zero-order valence-corrected chi connectivity index (χ0v) is 14.9. The van der Waals surface area contributed by atoms with Crippen LogP contribution in [0.3, 0.4) is 0 Å². The van der Waals surface area contributed by atoms with Gasteiger partial charge in [-0.05, 0) is 36.5 Å². The molecular weight excluding hydrogens is 320 g/mol. The van der Waals surface area contributed by atoms with Crippen LogP contribution >= 0.6 is 0 Å². The lowest BCUT2D eigenvalue weighted by Gasteiger charge is -2.20. The van der Waals surface area contributed by atoms with E-state index >= 15 is 0 Å². The Balaban J connectivity index is 1.92. The molecule has 0 aliphatic carbocycles. The average Bonchev–Trinajstić information content (AvgIpc) is 3.00. The Morgan fingerprint density at radius 2 is 1.58 bits per heavy atom. The minimum absolute atomic E-state index is 0.154. The van der Waals surface area contributed by atoms with E-state index in [0.29, 0.717) is 17.2 Å². The third kappa shape index (κ3) is 3.55. The van der Waals surface area contributed by atoms with E-state index in [1.807, 2.05) is 36.4 Å². The quantitative estimate of drug-likeness (QED) is 0.807. The highest BCUT2D eigenvalue weighted by atomic mass is 32.2. The lowest BCUT2D eigenvalue weighted by Crippen LogP contribution is -2.31. The van der Waals surface area contributed by atoms with Crippen LogP contribution in [0.5, 0.6) is 0 Å². The van der Waals surface area contributed by atoms with Crippen molar-refractivity contribution in [1.82, 2.24) is 0 Å². The summed E-state index contributed by atoms with van der Waals surface area (Å²) in [5, 5.41) is -0.493. The maximum atomic E-state index is 13.1. The minimum Gasteiger partial charge on any atom is -0.369 e. The molecule has 3 rings (SSSR count). The Morgan fingerprint density at radius 3 is 2.17 bits per heavy atom. The zero-order chi connectivity index (χ0) is 17.2. The second-order valence-electron chi connectivity index (χ2n) is 6.84. The van der Waals surface area contributed by atoms with Gasteiger partial charge in [-0.2, -0.15) is 0 Å². The molecule has 1 heterocycles. The van der Waals surface area contributed by atoms with E-state index in [1.54, 1.807) is 24.3 Å². The molecule has 0 radical (unpaired) electrons. The minimum atomic E-state index is -3.40. The highest BCUT2D eigenvalue weighted by molar-refractivity contribution is 7.92. The average molecular weight is 344 g/mol. The number of rotatable bonds is 5. The Morgan fingerprint density at radius 1 is 1.00 bits per heavy atom. The molecule has 2 aromatic carbocycles. The smallest absolute Gasteiger partial charge is 0.183 e. The fraction of sp³-hybridized carbons (Fsp3) is 0.400. The van der Waals surface area contributed by atoms with Crippen molar-refractivity contribution in [1.29, 1.82) is 0 Å². The SMILES string of the molecule is CC(C)C[C@@H]1O[C@H](c2ccccc2)C[C@H]1S(=O)(=O)c1ccccc1. The second kappa shape index (κ2) is 7.08. The summed E-state index contributed by atoms with van der Waals surface area (Å²) < 4.78 is 32.4. The third-order valence-corrected chi connectivity index (χ3v) is 6.77. The van der Waals surface area contributed by atoms with Gasteiger partial charge in [0.2, 0.25) is 0 Å². The summed E-state index contributed by atoms with van der Waals surface area (Å²) in [6, 6.07) is 18.7. The van der Waals surface area contributed by atoms with Crippen LogP contribution in [0.15, 0.2) is 65.6 Å². The van der Waals surface area contributed by atoms with Crippen LogP contribution in [0.2, 0.25) is 0 Å². The molecule has 0 saturated carbocycles. The van der Waals surface area contributed by atoms with Gasteiger partial charge in [-0.1, -0.05) is 62.4 Å². The Labute approximate surface area is 144 Å². The highest BCUT2D eigenvalue weighted by Crippen LogP contribution is 2.40. The maximum absolute atomic E-state index is 13.1. The molecule has 0 aromatic heterocycles. The van der Waals surface area contributed by atoms with E-state index in [-0.39, 0.29) is 12.2 Å². The Hall–Kier alpha value is -1.65. The van der Waals surface area contributed by atoms with E-state index < -0.39 is 15.1 Å². The van der Waals surface area contributed by atoms with Gasteiger partial charge in [-0.25, -0.2) is 8.42 Å². The standard InChI is InChI=1S/C20H24O3S/c1-15(2)13-19-20(24(21,22)17-11-7-4-8-12-17)14-18(23-19)16-9-5-3-6-10-16/h3-12,15,18-20H,13-14H2,1-2H3/t18-,19-,20+/m0/s1. The van der Waals surface area contributed by atoms with Crippen LogP contribution in [0.25, 0.3) is 0 Å². The number of hydrogen-bond donors (Lipinski definition) is 0. The lowest BCUT2D eigenvalue weighted by molar-refractivity contribution is 0.0339. The van der Waals surface area contributed by atoms with Gasteiger partial charge >= 0.3 is 0 Å². The van der Waals surface area contributed by atoms with Gasteiger partial charge in [0.1, 0.15) is 0 Å². The number of ether oxygens (including phenoxy) is 1. The molecule has 3 nitrogen and oxygen atoms in total. The molecule has 0 bridgehead atoms. The van der Waals surface area contributed by atoms with Crippen LogP contribution in [0, 0.1) is 5.92 Å². The summed E-state index contributed by atoms with van der Waals surface area (Å²) in [6.45, 7) is 4.21. The molecule has 24 heavy (non-hydrogen) atoms. The van der Waals surface area contributed by atoms with Gasteiger partial charge in [0.15, 0.2) is 9.84 Å². The zero-order valence-electron chi connectivity index (χ0n) is 14.1. The van der Waals surface area contributed by atoms with E-state index in [2.05, 4.69) is 13.8 Å². The second-order valence-corrected chi connectivity index (χ2v) is 9.00. The van der Waals surface area contributed by atoms with Crippen molar-refractivity contribution in [3.05, 3.63) is 66.2 Å². The van der Waals surface area contributed by atoms with Gasteiger partial charge < -0.3 is 4.74 Å².